The molecule has 2 saturated heterocycles. The predicted octanol–water partition coefficient (Wildman–Crippen LogP) is 1.61. The number of fused-ring (bicyclic) bond motifs is 1. The quantitative estimate of drug-likeness (QED) is 0.779. The molecule has 0 aromatic heterocycles. The Bertz CT molecular complexity index is 587. The molecule has 0 N–H and O–H groups in total. The first-order chi connectivity index (χ1) is 9.54. The summed E-state index contributed by atoms with van der Waals surface area (Å²) in [5.74, 6) is -1.10. The van der Waals surface area contributed by atoms with Crippen LogP contribution in [-0.2, 0) is 9.53 Å². The first-order valence-corrected chi connectivity index (χ1v) is 6.17. The van der Waals surface area contributed by atoms with E-state index in [2.05, 4.69) is 0 Å². The number of anilines is 1. The van der Waals surface area contributed by atoms with Gasteiger partial charge in [-0.2, -0.15) is 0 Å². The van der Waals surface area contributed by atoms with E-state index < -0.39 is 23.8 Å². The fourth-order valence-electron chi connectivity index (χ4n) is 2.28. The number of nitrogens with zero attached hydrogens (tertiary/aromatic N) is 2. The first kappa shape index (κ1) is 13.1. The van der Waals surface area contributed by atoms with E-state index in [0.717, 1.165) is 11.0 Å². The average Bonchev–Trinajstić information content (AvgIpc) is 2.97. The summed E-state index contributed by atoms with van der Waals surface area (Å²) in [6.07, 6.45) is 0. The van der Waals surface area contributed by atoms with Crippen molar-refractivity contribution in [3.8, 4) is 5.75 Å². The van der Waals surface area contributed by atoms with Crippen molar-refractivity contribution in [2.75, 3.05) is 25.3 Å². The number of methoxy groups -OCH3 is 1. The van der Waals surface area contributed by atoms with Crippen molar-refractivity contribution in [2.24, 2.45) is 0 Å². The second-order valence-electron chi connectivity index (χ2n) is 4.38. The maximum absolute atomic E-state index is 14.0. The molecule has 0 spiro atoms. The van der Waals surface area contributed by atoms with Gasteiger partial charge in [-0.3, -0.25) is 9.69 Å². The minimum atomic E-state index is -0.764. The number of carbonyl (C=O) groups excluding carboxylic acids is 2. The van der Waals surface area contributed by atoms with Crippen molar-refractivity contribution in [1.82, 2.24) is 4.90 Å². The Morgan fingerprint density at radius 1 is 1.45 bits per heavy atom. The molecule has 1 aromatic carbocycles. The number of hydrogen-bond donors (Lipinski definition) is 0. The van der Waals surface area contributed by atoms with Gasteiger partial charge in [-0.1, -0.05) is 11.6 Å². The topological polar surface area (TPSA) is 59.1 Å². The molecule has 0 radical (unpaired) electrons. The summed E-state index contributed by atoms with van der Waals surface area (Å²) in [6, 6.07) is 0.941. The summed E-state index contributed by atoms with van der Waals surface area (Å²) >= 11 is 5.79. The third-order valence-electron chi connectivity index (χ3n) is 3.29. The summed E-state index contributed by atoms with van der Waals surface area (Å²) < 4.78 is 24.0. The number of carbonyl (C=O) groups is 2. The van der Waals surface area contributed by atoms with Crippen molar-refractivity contribution in [3.63, 3.8) is 0 Å². The van der Waals surface area contributed by atoms with Gasteiger partial charge in [0.1, 0.15) is 24.3 Å². The number of ether oxygens (including phenoxy) is 2. The van der Waals surface area contributed by atoms with Crippen LogP contribution in [0.2, 0.25) is 5.02 Å². The third-order valence-corrected chi connectivity index (χ3v) is 3.58. The molecule has 3 amide bonds. The molecule has 20 heavy (non-hydrogen) atoms. The van der Waals surface area contributed by atoms with E-state index in [0.29, 0.717) is 0 Å². The van der Waals surface area contributed by atoms with Crippen LogP contribution in [0, 0.1) is 5.82 Å². The number of benzene rings is 1. The lowest BCUT2D eigenvalue weighted by atomic mass is 10.2. The van der Waals surface area contributed by atoms with Gasteiger partial charge in [-0.25, -0.2) is 14.1 Å². The van der Waals surface area contributed by atoms with Crippen LogP contribution in [0.15, 0.2) is 12.1 Å². The summed E-state index contributed by atoms with van der Waals surface area (Å²) in [7, 11) is 1.36. The Labute approximate surface area is 118 Å². The Kier molecular flexibility index (Phi) is 3.02. The molecule has 1 aromatic rings. The van der Waals surface area contributed by atoms with Gasteiger partial charge in [-0.15, -0.1) is 0 Å². The van der Waals surface area contributed by atoms with Gasteiger partial charge in [-0.05, 0) is 6.07 Å². The second-order valence-corrected chi connectivity index (χ2v) is 4.79. The number of amides is 3. The zero-order valence-electron chi connectivity index (χ0n) is 10.4. The smallest absolute Gasteiger partial charge is 0.334 e. The van der Waals surface area contributed by atoms with Crippen molar-refractivity contribution in [2.45, 2.75) is 6.04 Å². The highest BCUT2D eigenvalue weighted by molar-refractivity contribution is 6.32. The van der Waals surface area contributed by atoms with Crippen LogP contribution in [0.25, 0.3) is 0 Å². The van der Waals surface area contributed by atoms with Crippen LogP contribution >= 0.6 is 11.6 Å². The van der Waals surface area contributed by atoms with Crippen LogP contribution < -0.4 is 9.64 Å². The highest BCUT2D eigenvalue weighted by atomic mass is 35.5. The highest BCUT2D eigenvalue weighted by Gasteiger charge is 2.49. The van der Waals surface area contributed by atoms with Gasteiger partial charge in [0.05, 0.1) is 24.4 Å². The number of imide groups is 1. The minimum Gasteiger partial charge on any atom is -0.495 e. The van der Waals surface area contributed by atoms with Crippen molar-refractivity contribution in [1.29, 1.82) is 0 Å². The van der Waals surface area contributed by atoms with E-state index in [1.54, 1.807) is 0 Å². The maximum Gasteiger partial charge on any atom is 0.334 e. The molecule has 6 nitrogen and oxygen atoms in total. The van der Waals surface area contributed by atoms with E-state index in [1.807, 2.05) is 0 Å². The van der Waals surface area contributed by atoms with Gasteiger partial charge >= 0.3 is 6.03 Å². The number of hydrogen-bond acceptors (Lipinski definition) is 4. The molecule has 0 bridgehead atoms. The summed E-state index contributed by atoms with van der Waals surface area (Å²) in [5, 5.41) is 0.0664. The standard InChI is InChI=1S/C12H10ClFN2O4/c1-19-10-3-8(7(14)2-6(10)13)16-11(17)9-4-20-5-15(9)12(16)18/h2-3,9H,4-5H2,1H3/t9-/m1/s1. The first-order valence-electron chi connectivity index (χ1n) is 5.80. The van der Waals surface area contributed by atoms with E-state index in [9.17, 15) is 14.0 Å². The number of halogens is 2. The SMILES string of the molecule is COc1cc(N2C(=O)[C@H]3COCN3C2=O)c(F)cc1Cl. The van der Waals surface area contributed by atoms with Crippen LogP contribution in [-0.4, -0.2) is 43.3 Å². The summed E-state index contributed by atoms with van der Waals surface area (Å²) in [6.45, 7) is 0.144. The molecule has 1 atom stereocenters. The van der Waals surface area contributed by atoms with Crippen LogP contribution in [0.3, 0.4) is 0 Å². The van der Waals surface area contributed by atoms with Crippen LogP contribution in [0.4, 0.5) is 14.9 Å². The molecular formula is C12H10ClFN2O4. The van der Waals surface area contributed by atoms with Crippen LogP contribution in [0.5, 0.6) is 5.75 Å². The molecule has 3 rings (SSSR count). The highest BCUT2D eigenvalue weighted by Crippen LogP contribution is 2.35. The normalized spacial score (nSPS) is 21.6. The largest absolute Gasteiger partial charge is 0.495 e. The Morgan fingerprint density at radius 2 is 2.20 bits per heavy atom. The molecule has 2 aliphatic rings. The molecule has 2 fully saturated rings. The third kappa shape index (κ3) is 1.74. The molecule has 0 saturated carbocycles. The van der Waals surface area contributed by atoms with Gasteiger partial charge in [0, 0.05) is 6.07 Å². The Hall–Kier alpha value is -1.86. The number of rotatable bonds is 2. The lowest BCUT2D eigenvalue weighted by molar-refractivity contribution is -0.119. The average molecular weight is 301 g/mol. The van der Waals surface area contributed by atoms with E-state index >= 15 is 0 Å². The van der Waals surface area contributed by atoms with E-state index in [1.165, 1.54) is 18.1 Å². The van der Waals surface area contributed by atoms with Gasteiger partial charge in [0.2, 0.25) is 0 Å². The van der Waals surface area contributed by atoms with Gasteiger partial charge in [0.15, 0.2) is 0 Å². The van der Waals surface area contributed by atoms with E-state index in [-0.39, 0.29) is 29.8 Å². The molecule has 2 aliphatic heterocycles. The summed E-state index contributed by atoms with van der Waals surface area (Å²) in [5.41, 5.74) is -0.171. The van der Waals surface area contributed by atoms with Crippen LogP contribution in [0.1, 0.15) is 0 Å². The van der Waals surface area contributed by atoms with Gasteiger partial charge < -0.3 is 9.47 Å². The monoisotopic (exact) mass is 300 g/mol. The lowest BCUT2D eigenvalue weighted by Crippen LogP contribution is -2.34. The Balaban J connectivity index is 2.05. The molecule has 106 valence electrons. The second kappa shape index (κ2) is 4.60. The maximum atomic E-state index is 14.0. The van der Waals surface area contributed by atoms with Gasteiger partial charge in [0.25, 0.3) is 5.91 Å². The van der Waals surface area contributed by atoms with Crippen molar-refractivity contribution < 1.29 is 23.5 Å². The van der Waals surface area contributed by atoms with E-state index in [4.69, 9.17) is 21.1 Å². The minimum absolute atomic E-state index is 0.0259. The fraction of sp³-hybridized carbons (Fsp3) is 0.333. The summed E-state index contributed by atoms with van der Waals surface area (Å²) in [4.78, 5) is 26.4. The predicted molar refractivity (Wildman–Crippen MR) is 67.3 cm³/mol. The van der Waals surface area contributed by atoms with Crippen molar-refractivity contribution in [3.05, 3.63) is 23.0 Å². The zero-order chi connectivity index (χ0) is 14.4. The number of urea groups is 1. The molecule has 0 aliphatic carbocycles. The lowest BCUT2D eigenvalue weighted by Gasteiger charge is -2.17. The molecule has 2 heterocycles. The molecule has 0 unspecified atom stereocenters. The zero-order valence-corrected chi connectivity index (χ0v) is 11.2. The molecular weight excluding hydrogens is 291 g/mol. The molecule has 8 heteroatoms. The fourth-order valence-corrected chi connectivity index (χ4v) is 2.50. The Morgan fingerprint density at radius 3 is 2.85 bits per heavy atom. The van der Waals surface area contributed by atoms with Crippen molar-refractivity contribution >= 4 is 29.2 Å².